The van der Waals surface area contributed by atoms with E-state index in [4.69, 9.17) is 0 Å². The maximum Gasteiger partial charge on any atom is 0.328 e. The fourth-order valence-electron chi connectivity index (χ4n) is 3.48. The minimum absolute atomic E-state index is 0.121. The molecule has 0 saturated carbocycles. The third kappa shape index (κ3) is 3.23. The van der Waals surface area contributed by atoms with Crippen LogP contribution in [0.2, 0.25) is 0 Å². The van der Waals surface area contributed by atoms with Crippen molar-refractivity contribution in [3.8, 4) is 0 Å². The Morgan fingerprint density at radius 1 is 1.07 bits per heavy atom. The number of hydrogen-bond acceptors (Lipinski definition) is 4. The second-order valence-corrected chi connectivity index (χ2v) is 6.73. The number of carboxylic acid groups (broad SMARTS) is 1. The molecule has 7 nitrogen and oxygen atoms in total. The molecule has 7 heteroatoms. The van der Waals surface area contributed by atoms with Crippen LogP contribution in [0.1, 0.15) is 16.1 Å². The zero-order valence-corrected chi connectivity index (χ0v) is 14.9. The number of aliphatic carboxylic acids is 1. The number of pyridine rings is 1. The third-order valence-electron chi connectivity index (χ3n) is 4.86. The van der Waals surface area contributed by atoms with E-state index in [2.05, 4.69) is 4.98 Å². The largest absolute Gasteiger partial charge is 0.480 e. The number of rotatable bonds is 3. The Kier molecular flexibility index (Phi) is 4.27. The molecule has 1 atom stereocenters. The lowest BCUT2D eigenvalue weighted by atomic mass is 10.1. The van der Waals surface area contributed by atoms with E-state index in [1.165, 1.54) is 0 Å². The van der Waals surface area contributed by atoms with Crippen molar-refractivity contribution < 1.29 is 14.7 Å². The van der Waals surface area contributed by atoms with Crippen LogP contribution >= 0.6 is 0 Å². The molecule has 0 spiro atoms. The van der Waals surface area contributed by atoms with Crippen molar-refractivity contribution >= 4 is 23.2 Å². The second kappa shape index (κ2) is 6.75. The van der Waals surface area contributed by atoms with Gasteiger partial charge in [-0.15, -0.1) is 0 Å². The van der Waals surface area contributed by atoms with Gasteiger partial charge in [0.1, 0.15) is 17.4 Å². The molecule has 3 aromatic rings. The lowest BCUT2D eigenvalue weighted by Crippen LogP contribution is -2.58. The Morgan fingerprint density at radius 2 is 1.85 bits per heavy atom. The van der Waals surface area contributed by atoms with Crippen molar-refractivity contribution in [1.82, 2.24) is 14.3 Å². The van der Waals surface area contributed by atoms with Crippen LogP contribution < -0.4 is 4.90 Å². The quantitative estimate of drug-likeness (QED) is 0.770. The Balaban J connectivity index is 1.57. The van der Waals surface area contributed by atoms with Crippen LogP contribution in [0, 0.1) is 6.92 Å². The van der Waals surface area contributed by atoms with Gasteiger partial charge in [-0.25, -0.2) is 9.78 Å². The predicted octanol–water partition coefficient (Wildman–Crippen LogP) is 2.06. The first-order valence-corrected chi connectivity index (χ1v) is 8.82. The average molecular weight is 364 g/mol. The first-order valence-electron chi connectivity index (χ1n) is 8.82. The highest BCUT2D eigenvalue weighted by Crippen LogP contribution is 2.21. The number of piperazine rings is 1. The molecule has 4 rings (SSSR count). The summed E-state index contributed by atoms with van der Waals surface area (Å²) in [6.45, 7) is 3.00. The van der Waals surface area contributed by atoms with Gasteiger partial charge >= 0.3 is 5.97 Å². The Labute approximate surface area is 156 Å². The Hall–Kier alpha value is -3.35. The van der Waals surface area contributed by atoms with Crippen molar-refractivity contribution in [2.75, 3.05) is 24.5 Å². The molecule has 3 heterocycles. The molecule has 1 aliphatic heterocycles. The summed E-state index contributed by atoms with van der Waals surface area (Å²) >= 11 is 0. The molecule has 2 aromatic heterocycles. The average Bonchev–Trinajstić information content (AvgIpc) is 3.10. The number of carboxylic acids is 1. The van der Waals surface area contributed by atoms with Crippen LogP contribution in [0.15, 0.2) is 54.9 Å². The van der Waals surface area contributed by atoms with E-state index in [-0.39, 0.29) is 12.5 Å². The maximum absolute atomic E-state index is 12.9. The normalized spacial score (nSPS) is 17.3. The smallest absolute Gasteiger partial charge is 0.328 e. The monoisotopic (exact) mass is 364 g/mol. The molecule has 138 valence electrons. The highest BCUT2D eigenvalue weighted by Gasteiger charge is 2.35. The van der Waals surface area contributed by atoms with Crippen LogP contribution in [-0.4, -0.2) is 56.9 Å². The number of imidazole rings is 1. The molecular formula is C20H20N4O3. The van der Waals surface area contributed by atoms with Crippen LogP contribution in [0.25, 0.3) is 5.65 Å². The number of aryl methyl sites for hydroxylation is 1. The third-order valence-corrected chi connectivity index (χ3v) is 4.86. The number of aromatic nitrogens is 2. The van der Waals surface area contributed by atoms with Crippen molar-refractivity contribution in [3.05, 3.63) is 66.1 Å². The second-order valence-electron chi connectivity index (χ2n) is 6.73. The first-order chi connectivity index (χ1) is 13.0. The zero-order valence-electron chi connectivity index (χ0n) is 14.9. The summed E-state index contributed by atoms with van der Waals surface area (Å²) < 4.78 is 1.82. The summed E-state index contributed by atoms with van der Waals surface area (Å²) in [5, 5.41) is 9.69. The highest BCUT2D eigenvalue weighted by molar-refractivity contribution is 5.94. The van der Waals surface area contributed by atoms with Gasteiger partial charge in [-0.05, 0) is 30.7 Å². The van der Waals surface area contributed by atoms with Gasteiger partial charge < -0.3 is 19.3 Å². The van der Waals surface area contributed by atoms with Gasteiger partial charge in [0.2, 0.25) is 0 Å². The fraction of sp³-hybridized carbons (Fsp3) is 0.250. The summed E-state index contributed by atoms with van der Waals surface area (Å²) in [6.07, 6.45) is 3.61. The lowest BCUT2D eigenvalue weighted by molar-refractivity contribution is -0.139. The number of para-hydroxylation sites is 1. The summed E-state index contributed by atoms with van der Waals surface area (Å²) in [4.78, 5) is 32.5. The molecule has 0 radical (unpaired) electrons. The molecule has 1 fully saturated rings. The molecule has 1 N–H and O–H groups in total. The first kappa shape index (κ1) is 17.1. The lowest BCUT2D eigenvalue weighted by Gasteiger charge is -2.40. The van der Waals surface area contributed by atoms with Crippen molar-refractivity contribution in [2.24, 2.45) is 0 Å². The Bertz CT molecular complexity index is 999. The number of fused-ring (bicyclic) bond motifs is 1. The zero-order chi connectivity index (χ0) is 19.0. The van der Waals surface area contributed by atoms with E-state index < -0.39 is 12.0 Å². The van der Waals surface area contributed by atoms with E-state index in [1.54, 1.807) is 11.1 Å². The molecule has 1 aromatic carbocycles. The molecule has 1 saturated heterocycles. The van der Waals surface area contributed by atoms with Gasteiger partial charge in [0.15, 0.2) is 0 Å². The van der Waals surface area contributed by atoms with E-state index in [0.717, 1.165) is 11.3 Å². The predicted molar refractivity (Wildman–Crippen MR) is 101 cm³/mol. The minimum Gasteiger partial charge on any atom is -0.480 e. The van der Waals surface area contributed by atoms with Crippen molar-refractivity contribution in [3.63, 3.8) is 0 Å². The number of hydrogen-bond donors (Lipinski definition) is 1. The molecule has 27 heavy (non-hydrogen) atoms. The van der Waals surface area contributed by atoms with Gasteiger partial charge in [-0.2, -0.15) is 0 Å². The van der Waals surface area contributed by atoms with Crippen molar-refractivity contribution in [2.45, 2.75) is 13.0 Å². The van der Waals surface area contributed by atoms with E-state index in [0.29, 0.717) is 24.4 Å². The van der Waals surface area contributed by atoms with Crippen molar-refractivity contribution in [1.29, 1.82) is 0 Å². The van der Waals surface area contributed by atoms with Gasteiger partial charge in [-0.1, -0.05) is 24.3 Å². The van der Waals surface area contributed by atoms with E-state index >= 15 is 0 Å². The van der Waals surface area contributed by atoms with E-state index in [9.17, 15) is 14.7 Å². The van der Waals surface area contributed by atoms with Gasteiger partial charge in [0.05, 0.1) is 6.54 Å². The maximum atomic E-state index is 12.9. The summed E-state index contributed by atoms with van der Waals surface area (Å²) in [6, 6.07) is 12.4. The molecule has 1 aliphatic rings. The van der Waals surface area contributed by atoms with E-state index in [1.807, 2.05) is 64.9 Å². The van der Waals surface area contributed by atoms with Gasteiger partial charge in [0, 0.05) is 31.2 Å². The molecule has 0 bridgehead atoms. The SMILES string of the molecule is Cc1ccc2nc(C(=O)N3CCN(c4ccccc4)C(C(=O)O)C3)cn2c1. The number of amides is 1. The Morgan fingerprint density at radius 3 is 2.59 bits per heavy atom. The molecular weight excluding hydrogens is 344 g/mol. The highest BCUT2D eigenvalue weighted by atomic mass is 16.4. The number of anilines is 1. The standard InChI is InChI=1S/C20H20N4O3/c1-14-7-8-18-21-16(12-23(18)11-14)19(25)22-9-10-24(17(13-22)20(26)27)15-5-3-2-4-6-15/h2-8,11-12,17H,9-10,13H2,1H3,(H,26,27). The van der Waals surface area contributed by atoms with Crippen LogP contribution in [0.4, 0.5) is 5.69 Å². The van der Waals surface area contributed by atoms with Gasteiger partial charge in [0.25, 0.3) is 5.91 Å². The number of carbonyl (C=O) groups excluding carboxylic acids is 1. The summed E-state index contributed by atoms with van der Waals surface area (Å²) in [5.74, 6) is -1.18. The molecule has 1 unspecified atom stereocenters. The fourth-order valence-corrected chi connectivity index (χ4v) is 3.48. The summed E-state index contributed by atoms with van der Waals surface area (Å²) in [5.41, 5.74) is 2.95. The van der Waals surface area contributed by atoms with Crippen LogP contribution in [0.5, 0.6) is 0 Å². The number of benzene rings is 1. The molecule has 1 amide bonds. The molecule has 0 aliphatic carbocycles. The van der Waals surface area contributed by atoms with Crippen LogP contribution in [-0.2, 0) is 4.79 Å². The van der Waals surface area contributed by atoms with Gasteiger partial charge in [-0.3, -0.25) is 4.79 Å². The number of nitrogens with zero attached hydrogens (tertiary/aromatic N) is 4. The number of carbonyl (C=O) groups is 2. The topological polar surface area (TPSA) is 78.2 Å². The van der Waals surface area contributed by atoms with Crippen LogP contribution in [0.3, 0.4) is 0 Å². The summed E-state index contributed by atoms with van der Waals surface area (Å²) in [7, 11) is 0. The minimum atomic E-state index is -0.943.